The molecule has 2 heterocycles. The van der Waals surface area contributed by atoms with Crippen LogP contribution in [0.2, 0.25) is 0 Å². The molecule has 1 aromatic rings. The van der Waals surface area contributed by atoms with Gasteiger partial charge in [-0.25, -0.2) is 9.59 Å². The Labute approximate surface area is 480 Å². The number of epoxide rings is 2. The van der Waals surface area contributed by atoms with Crippen molar-refractivity contribution in [1.29, 1.82) is 0 Å². The van der Waals surface area contributed by atoms with Gasteiger partial charge in [0.25, 0.3) is 0 Å². The average Bonchev–Trinajstić information content (AvgIpc) is 4.13. The van der Waals surface area contributed by atoms with Crippen LogP contribution in [0.4, 0.5) is 4.79 Å². The third kappa shape index (κ3) is 19.5. The molecule has 3 fully saturated rings. The molecule has 0 aromatic heterocycles. The number of ether oxygens (including phenoxy) is 5. The Morgan fingerprint density at radius 1 is 0.815 bits per heavy atom. The third-order valence-corrected chi connectivity index (χ3v) is 16.7. The van der Waals surface area contributed by atoms with Crippen molar-refractivity contribution in [2.45, 2.75) is 202 Å². The zero-order valence-electron chi connectivity index (χ0n) is 50.9. The van der Waals surface area contributed by atoms with Crippen LogP contribution >= 0.6 is 0 Å². The fourth-order valence-electron chi connectivity index (χ4n) is 11.5. The van der Waals surface area contributed by atoms with E-state index < -0.39 is 113 Å². The predicted molar refractivity (Wildman–Crippen MR) is 305 cm³/mol. The number of alkyl carbamates (subject to hydrolysis) is 1. The minimum Gasteiger partial charge on any atom is -0.467 e. The Bertz CT molecular complexity index is 2360. The number of aliphatic hydroxyl groups is 1. The minimum atomic E-state index is -1.20. The lowest BCUT2D eigenvalue weighted by molar-refractivity contribution is -0.144. The molecule has 81 heavy (non-hydrogen) atoms. The van der Waals surface area contributed by atoms with E-state index in [0.717, 1.165) is 12.8 Å². The summed E-state index contributed by atoms with van der Waals surface area (Å²) in [7, 11) is 2.74. The Kier molecular flexibility index (Phi) is 24.8. The van der Waals surface area contributed by atoms with Crippen molar-refractivity contribution in [3.63, 3.8) is 0 Å². The number of aliphatic hydroxyl groups excluding tert-OH is 1. The molecule has 1 aliphatic carbocycles. The maximum absolute atomic E-state index is 14.1. The Morgan fingerprint density at radius 2 is 1.47 bits per heavy atom. The number of amides is 7. The molecule has 2 saturated heterocycles. The van der Waals surface area contributed by atoms with Gasteiger partial charge in [-0.15, -0.1) is 0 Å². The predicted octanol–water partition coefficient (Wildman–Crippen LogP) is 4.71. The van der Waals surface area contributed by atoms with Gasteiger partial charge in [-0.3, -0.25) is 28.8 Å². The average molecular weight is 1140 g/mol. The summed E-state index contributed by atoms with van der Waals surface area (Å²) in [6.07, 6.45) is 2.59. The van der Waals surface area contributed by atoms with Gasteiger partial charge in [0, 0.05) is 37.5 Å². The normalized spacial score (nSPS) is 24.1. The smallest absolute Gasteiger partial charge is 0.408 e. The molecule has 0 bridgehead atoms. The van der Waals surface area contributed by atoms with Crippen molar-refractivity contribution >= 4 is 47.5 Å². The zero-order valence-corrected chi connectivity index (χ0v) is 50.9. The van der Waals surface area contributed by atoms with Gasteiger partial charge in [-0.05, 0) is 95.5 Å². The largest absolute Gasteiger partial charge is 0.467 e. The highest BCUT2D eigenvalue weighted by Crippen LogP contribution is 2.59. The summed E-state index contributed by atoms with van der Waals surface area (Å²) in [5, 5.41) is 28.8. The summed E-state index contributed by atoms with van der Waals surface area (Å²) in [6.45, 7) is 24.6. The van der Waals surface area contributed by atoms with E-state index >= 15 is 0 Å². The maximum Gasteiger partial charge on any atom is 0.408 e. The molecule has 21 heteroatoms. The fraction of sp³-hybridized carbons (Fsp3) is 0.733. The number of carbonyl (C=O) groups is 8. The first-order valence-electron chi connectivity index (χ1n) is 28.8. The Hall–Kier alpha value is -5.64. The number of nitrogens with one attached hydrogen (secondary N) is 7. The van der Waals surface area contributed by atoms with Gasteiger partial charge < -0.3 is 66.0 Å². The lowest BCUT2D eigenvalue weighted by atomic mass is 9.61. The van der Waals surface area contributed by atoms with Crippen LogP contribution in [0.5, 0.6) is 0 Å². The molecule has 7 unspecified atom stereocenters. The van der Waals surface area contributed by atoms with E-state index in [1.807, 2.05) is 47.6 Å². The van der Waals surface area contributed by atoms with E-state index in [1.165, 1.54) is 12.7 Å². The first-order chi connectivity index (χ1) is 37.9. The molecule has 21 nitrogen and oxygen atoms in total. The maximum atomic E-state index is 14.1. The minimum absolute atomic E-state index is 0.0403. The standard InChI is InChI=1S/C60H97N7O14/c1-16-57(11,38(6)7)34-58(12,54(75)63-30-39(8)68)33-56(9,10)53(74)64-32-47(70)65-43(29-40-20-18-17-19-21-40)51(72)66-42(28-37(4)5)50(71)62-31-46(69)61-27-25-41(52(73)78-15)67-55(76)80-44-24-26-60(35-79-60)49(48(44)77-14)59(13)45(81-59)23-22-36(2)3/h17-22,37-39,41-45,48-49,68H,16,23-35H2,1-15H3,(H,61,69)(H,62,71)(H,63,75)(H,64,74)(H,65,70)(H,66,72)(H,67,76)/t39?,41-,42-,43-,44?,45+,48?,49?,57?,58?,59?,60-/m0/s1. The molecule has 2 aliphatic heterocycles. The van der Waals surface area contributed by atoms with E-state index in [-0.39, 0.29) is 74.0 Å². The van der Waals surface area contributed by atoms with Gasteiger partial charge in [0.05, 0.1) is 44.9 Å². The molecule has 3 aliphatic rings. The second-order valence-corrected chi connectivity index (χ2v) is 25.1. The van der Waals surface area contributed by atoms with Crippen LogP contribution in [-0.4, -0.2) is 153 Å². The van der Waals surface area contributed by atoms with Gasteiger partial charge in [-0.2, -0.15) is 0 Å². The van der Waals surface area contributed by atoms with Gasteiger partial charge in [-0.1, -0.05) is 111 Å². The van der Waals surface area contributed by atoms with Gasteiger partial charge in [0.2, 0.25) is 35.4 Å². The number of hydrogen-bond donors (Lipinski definition) is 8. The summed E-state index contributed by atoms with van der Waals surface area (Å²) in [6, 6.07) is 5.43. The number of benzene rings is 1. The summed E-state index contributed by atoms with van der Waals surface area (Å²) in [5.41, 5.74) is -1.49. The van der Waals surface area contributed by atoms with Gasteiger partial charge >= 0.3 is 12.1 Å². The number of rotatable bonds is 32. The number of carbonyl (C=O) groups excluding carboxylic acids is 8. The molecule has 0 radical (unpaired) electrons. The fourth-order valence-corrected chi connectivity index (χ4v) is 11.5. The van der Waals surface area contributed by atoms with Crippen LogP contribution in [0.25, 0.3) is 0 Å². The number of esters is 1. The molecule has 456 valence electrons. The van der Waals surface area contributed by atoms with Crippen molar-refractivity contribution in [3.8, 4) is 0 Å². The molecule has 1 aromatic carbocycles. The van der Waals surface area contributed by atoms with E-state index in [0.29, 0.717) is 31.4 Å². The number of hydrogen-bond acceptors (Lipinski definition) is 14. The lowest BCUT2D eigenvalue weighted by Crippen LogP contribution is -2.56. The van der Waals surface area contributed by atoms with Crippen molar-refractivity contribution in [2.24, 2.45) is 34.0 Å². The van der Waals surface area contributed by atoms with E-state index in [9.17, 15) is 43.5 Å². The lowest BCUT2D eigenvalue weighted by Gasteiger charge is -2.43. The van der Waals surface area contributed by atoms with Crippen LogP contribution in [0.15, 0.2) is 42.0 Å². The monoisotopic (exact) mass is 1140 g/mol. The van der Waals surface area contributed by atoms with Crippen molar-refractivity contribution in [3.05, 3.63) is 47.5 Å². The molecule has 12 atom stereocenters. The molecule has 1 spiro atoms. The highest BCUT2D eigenvalue weighted by Gasteiger charge is 2.72. The molecule has 4 rings (SSSR count). The second-order valence-electron chi connectivity index (χ2n) is 25.1. The Morgan fingerprint density at radius 3 is 2.04 bits per heavy atom. The number of methoxy groups -OCH3 is 2. The van der Waals surface area contributed by atoms with E-state index in [1.54, 1.807) is 52.1 Å². The summed E-state index contributed by atoms with van der Waals surface area (Å²) in [5.74, 6) is -4.23. The molecular formula is C60H97N7O14. The van der Waals surface area contributed by atoms with Crippen molar-refractivity contribution < 1.29 is 67.1 Å². The topological polar surface area (TPSA) is 294 Å². The third-order valence-electron chi connectivity index (χ3n) is 16.7. The molecule has 8 N–H and O–H groups in total. The quantitative estimate of drug-likeness (QED) is 0.0276. The number of allylic oxidation sites excluding steroid dienone is 1. The first kappa shape index (κ1) is 67.9. The summed E-state index contributed by atoms with van der Waals surface area (Å²) >= 11 is 0. The Balaban J connectivity index is 1.35. The zero-order chi connectivity index (χ0) is 60.7. The molecule has 7 amide bonds. The van der Waals surface area contributed by atoms with Gasteiger partial charge in [0.15, 0.2) is 0 Å². The van der Waals surface area contributed by atoms with Crippen molar-refractivity contribution in [1.82, 2.24) is 37.2 Å². The van der Waals surface area contributed by atoms with Gasteiger partial charge in [0.1, 0.15) is 41.5 Å². The molecule has 1 saturated carbocycles. The van der Waals surface area contributed by atoms with Crippen LogP contribution in [0.3, 0.4) is 0 Å². The molecular weight excluding hydrogens is 1040 g/mol. The summed E-state index contributed by atoms with van der Waals surface area (Å²) in [4.78, 5) is 109. The SMILES string of the molecule is CCC(C)(CC(C)(CC(C)(C)C(=O)NCC(=O)N[C@@H](Cc1ccccc1)C(=O)N[C@@H](CC(C)C)C(=O)NCC(=O)NCC[C@H](NC(=O)OC1CC[C@]2(CO2)C(C2(C)O[C@@H]2CC=C(C)C)C1OC)C(=O)OC)C(=O)NCC(C)O)C(C)C. The van der Waals surface area contributed by atoms with E-state index in [4.69, 9.17) is 23.7 Å². The van der Waals surface area contributed by atoms with Crippen LogP contribution in [-0.2, 0) is 63.7 Å². The highest BCUT2D eigenvalue weighted by molar-refractivity contribution is 5.95. The second kappa shape index (κ2) is 29.6. The van der Waals surface area contributed by atoms with E-state index in [2.05, 4.69) is 71.0 Å². The first-order valence-corrected chi connectivity index (χ1v) is 28.8. The van der Waals surface area contributed by atoms with Crippen LogP contribution < -0.4 is 37.2 Å². The van der Waals surface area contributed by atoms with Crippen LogP contribution in [0, 0.1) is 34.0 Å². The summed E-state index contributed by atoms with van der Waals surface area (Å²) < 4.78 is 29.1. The van der Waals surface area contributed by atoms with Crippen LogP contribution in [0.1, 0.15) is 147 Å². The van der Waals surface area contributed by atoms with Crippen molar-refractivity contribution in [2.75, 3.05) is 47.0 Å². The highest BCUT2D eigenvalue weighted by atomic mass is 16.6.